The molecule has 0 aliphatic rings. The summed E-state index contributed by atoms with van der Waals surface area (Å²) in [6, 6.07) is 9.44. The number of alkyl carbamates (subject to hydrolysis) is 1. The van der Waals surface area contributed by atoms with Gasteiger partial charge in [-0.1, -0.05) is 30.3 Å². The van der Waals surface area contributed by atoms with Gasteiger partial charge in [0.25, 0.3) is 0 Å². The summed E-state index contributed by atoms with van der Waals surface area (Å²) >= 11 is 1.52. The minimum atomic E-state index is -1.14. The number of aromatic nitrogens is 4. The van der Waals surface area contributed by atoms with Crippen molar-refractivity contribution in [3.05, 3.63) is 41.7 Å². The van der Waals surface area contributed by atoms with Gasteiger partial charge in [-0.25, -0.2) is 9.48 Å². The Morgan fingerprint density at radius 1 is 1.27 bits per heavy atom. The van der Waals surface area contributed by atoms with Gasteiger partial charge in [0.05, 0.1) is 25.3 Å². The van der Waals surface area contributed by atoms with Crippen LogP contribution in [0.5, 0.6) is 0 Å². The summed E-state index contributed by atoms with van der Waals surface area (Å²) in [7, 11) is 0. The molecule has 2 rings (SSSR count). The summed E-state index contributed by atoms with van der Waals surface area (Å²) < 4.78 is 12.4. The van der Waals surface area contributed by atoms with E-state index in [0.29, 0.717) is 18.1 Å². The van der Waals surface area contributed by atoms with Gasteiger partial charge in [-0.2, -0.15) is 11.8 Å². The number of nitrogens with two attached hydrogens (primary N) is 1. The molecule has 1 aromatic heterocycles. The lowest BCUT2D eigenvalue weighted by molar-refractivity contribution is -0.130. The normalized spacial score (nSPS) is 12.2. The van der Waals surface area contributed by atoms with Gasteiger partial charge in [0.2, 0.25) is 11.7 Å². The van der Waals surface area contributed by atoms with Crippen LogP contribution in [0, 0.1) is 0 Å². The molecule has 182 valence electrons. The van der Waals surface area contributed by atoms with E-state index in [0.717, 1.165) is 5.56 Å². The van der Waals surface area contributed by atoms with E-state index in [2.05, 4.69) is 26.2 Å². The van der Waals surface area contributed by atoms with Crippen LogP contribution in [0.25, 0.3) is 0 Å². The highest BCUT2D eigenvalue weighted by atomic mass is 32.2. The first kappa shape index (κ1) is 26.5. The molecular weight excluding hydrogens is 450 g/mol. The van der Waals surface area contributed by atoms with E-state index in [1.165, 1.54) is 16.4 Å². The van der Waals surface area contributed by atoms with E-state index in [9.17, 15) is 9.59 Å². The highest BCUT2D eigenvalue weighted by Crippen LogP contribution is 2.15. The Bertz CT molecular complexity index is 860. The van der Waals surface area contributed by atoms with Crippen molar-refractivity contribution in [2.45, 2.75) is 38.8 Å². The minimum Gasteiger partial charge on any atom is -0.448 e. The van der Waals surface area contributed by atoms with Crippen LogP contribution in [0.1, 0.15) is 31.5 Å². The first-order valence-electron chi connectivity index (χ1n) is 10.4. The molecule has 0 fully saturated rings. The zero-order chi connectivity index (χ0) is 24.1. The predicted molar refractivity (Wildman–Crippen MR) is 122 cm³/mol. The van der Waals surface area contributed by atoms with Crippen LogP contribution in [-0.4, -0.2) is 74.1 Å². The van der Waals surface area contributed by atoms with Crippen LogP contribution in [-0.2, 0) is 27.4 Å². The SMILES string of the molecule is CC(C)(N)C(=O)NC(OCc1ccccc1)c1nnnn1CCOC(=O)NCCSCCO. The molecule has 33 heavy (non-hydrogen) atoms. The second-order valence-corrected chi connectivity index (χ2v) is 8.76. The average Bonchev–Trinajstić information content (AvgIpc) is 3.24. The third kappa shape index (κ3) is 9.74. The van der Waals surface area contributed by atoms with E-state index < -0.39 is 23.8 Å². The van der Waals surface area contributed by atoms with Gasteiger partial charge >= 0.3 is 6.09 Å². The third-order valence-electron chi connectivity index (χ3n) is 4.19. The average molecular weight is 482 g/mol. The van der Waals surface area contributed by atoms with Crippen molar-refractivity contribution >= 4 is 23.8 Å². The van der Waals surface area contributed by atoms with E-state index in [1.54, 1.807) is 13.8 Å². The molecule has 1 atom stereocenters. The number of tetrazole rings is 1. The summed E-state index contributed by atoms with van der Waals surface area (Å²) in [5.74, 6) is 1.09. The number of aliphatic hydroxyl groups excluding tert-OH is 1. The summed E-state index contributed by atoms with van der Waals surface area (Å²) in [5, 5.41) is 25.6. The number of nitrogens with one attached hydrogen (secondary N) is 2. The second kappa shape index (κ2) is 13.7. The number of carbonyl (C=O) groups excluding carboxylic acids is 2. The smallest absolute Gasteiger partial charge is 0.407 e. The fourth-order valence-corrected chi connectivity index (χ4v) is 3.05. The molecule has 0 saturated carbocycles. The number of aliphatic hydroxyl groups is 1. The fraction of sp³-hybridized carbons (Fsp3) is 0.550. The molecule has 2 aromatic rings. The van der Waals surface area contributed by atoms with Gasteiger partial charge in [0.15, 0.2) is 6.23 Å². The Kier molecular flexibility index (Phi) is 11.0. The van der Waals surface area contributed by atoms with Gasteiger partial charge in [-0.15, -0.1) is 5.10 Å². The second-order valence-electron chi connectivity index (χ2n) is 7.53. The maximum Gasteiger partial charge on any atom is 0.407 e. The van der Waals surface area contributed by atoms with Crippen LogP contribution in [0.15, 0.2) is 30.3 Å². The van der Waals surface area contributed by atoms with Crippen molar-refractivity contribution in [1.82, 2.24) is 30.8 Å². The number of carbonyl (C=O) groups is 2. The van der Waals surface area contributed by atoms with E-state index >= 15 is 0 Å². The van der Waals surface area contributed by atoms with Gasteiger partial charge in [-0.05, 0) is 29.8 Å². The van der Waals surface area contributed by atoms with Crippen molar-refractivity contribution in [2.24, 2.45) is 5.73 Å². The number of ether oxygens (including phenoxy) is 2. The molecule has 1 aromatic carbocycles. The molecule has 1 unspecified atom stereocenters. The number of hydrogen-bond donors (Lipinski definition) is 4. The van der Waals surface area contributed by atoms with Crippen LogP contribution in [0.2, 0.25) is 0 Å². The highest BCUT2D eigenvalue weighted by molar-refractivity contribution is 7.99. The monoisotopic (exact) mass is 481 g/mol. The Hall–Kier alpha value is -2.74. The predicted octanol–water partition coefficient (Wildman–Crippen LogP) is 0.194. The summed E-state index contributed by atoms with van der Waals surface area (Å²) in [5.41, 5.74) is 5.67. The molecule has 1 heterocycles. The largest absolute Gasteiger partial charge is 0.448 e. The van der Waals surface area contributed by atoms with E-state index in [4.69, 9.17) is 20.3 Å². The Balaban J connectivity index is 1.95. The van der Waals surface area contributed by atoms with Gasteiger partial charge in [0.1, 0.15) is 6.61 Å². The Labute approximate surface area is 196 Å². The number of hydrogen-bond acceptors (Lipinski definition) is 10. The van der Waals surface area contributed by atoms with Gasteiger partial charge < -0.3 is 30.9 Å². The van der Waals surface area contributed by atoms with Crippen molar-refractivity contribution in [3.8, 4) is 0 Å². The molecule has 0 bridgehead atoms. The number of amides is 2. The molecule has 0 aliphatic carbocycles. The number of benzene rings is 1. The molecule has 0 aliphatic heterocycles. The Morgan fingerprint density at radius 2 is 2.03 bits per heavy atom. The quantitative estimate of drug-likeness (QED) is 0.216. The maximum absolute atomic E-state index is 12.5. The van der Waals surface area contributed by atoms with Crippen LogP contribution >= 0.6 is 11.8 Å². The van der Waals surface area contributed by atoms with Crippen molar-refractivity contribution in [3.63, 3.8) is 0 Å². The minimum absolute atomic E-state index is 0.00932. The first-order chi connectivity index (χ1) is 15.8. The summed E-state index contributed by atoms with van der Waals surface area (Å²) in [4.78, 5) is 24.3. The third-order valence-corrected chi connectivity index (χ3v) is 5.15. The summed E-state index contributed by atoms with van der Waals surface area (Å²) in [6.45, 7) is 4.05. The van der Waals surface area contributed by atoms with Crippen LogP contribution < -0.4 is 16.4 Å². The Morgan fingerprint density at radius 3 is 2.73 bits per heavy atom. The van der Waals surface area contributed by atoms with E-state index in [1.807, 2.05) is 30.3 Å². The number of rotatable bonds is 14. The molecule has 12 nitrogen and oxygen atoms in total. The zero-order valence-corrected chi connectivity index (χ0v) is 19.6. The lowest BCUT2D eigenvalue weighted by Crippen LogP contribution is -2.50. The molecule has 0 radical (unpaired) electrons. The standard InChI is InChI=1S/C20H31N7O5S/c1-20(2,21)18(29)23-17(32-14-15-6-4-3-5-7-15)16-24-25-26-27(16)9-11-31-19(30)22-8-12-33-13-10-28/h3-7,17,28H,8-14,21H2,1-2H3,(H,22,30)(H,23,29). The van der Waals surface area contributed by atoms with Crippen LogP contribution in [0.3, 0.4) is 0 Å². The van der Waals surface area contributed by atoms with Crippen LogP contribution in [0.4, 0.5) is 4.79 Å². The zero-order valence-electron chi connectivity index (χ0n) is 18.8. The van der Waals surface area contributed by atoms with Crippen molar-refractivity contribution in [1.29, 1.82) is 0 Å². The molecule has 13 heteroatoms. The molecule has 5 N–H and O–H groups in total. The maximum atomic E-state index is 12.5. The van der Waals surface area contributed by atoms with Gasteiger partial charge in [-0.3, -0.25) is 4.79 Å². The molecule has 0 spiro atoms. The lowest BCUT2D eigenvalue weighted by Gasteiger charge is -2.24. The molecule has 0 saturated heterocycles. The molecular formula is C20H31N7O5S. The van der Waals surface area contributed by atoms with Crippen molar-refractivity contribution in [2.75, 3.05) is 31.3 Å². The first-order valence-corrected chi connectivity index (χ1v) is 11.6. The molecule has 2 amide bonds. The summed E-state index contributed by atoms with van der Waals surface area (Å²) in [6.07, 6.45) is -1.53. The topological polar surface area (TPSA) is 167 Å². The van der Waals surface area contributed by atoms with E-state index in [-0.39, 0.29) is 32.2 Å². The number of thioether (sulfide) groups is 1. The highest BCUT2D eigenvalue weighted by Gasteiger charge is 2.28. The van der Waals surface area contributed by atoms with Crippen molar-refractivity contribution < 1.29 is 24.2 Å². The van der Waals surface area contributed by atoms with Gasteiger partial charge in [0, 0.05) is 18.1 Å². The number of nitrogens with zero attached hydrogens (tertiary/aromatic N) is 4. The lowest BCUT2D eigenvalue weighted by atomic mass is 10.1. The fourth-order valence-electron chi connectivity index (χ4n) is 2.47.